The predicted molar refractivity (Wildman–Crippen MR) is 124 cm³/mol. The topological polar surface area (TPSA) is 85.2 Å². The number of hydrazine groups is 1. The summed E-state index contributed by atoms with van der Waals surface area (Å²) in [5.41, 5.74) is 9.94. The van der Waals surface area contributed by atoms with E-state index in [-0.39, 0.29) is 12.3 Å². The van der Waals surface area contributed by atoms with Crippen molar-refractivity contribution in [1.29, 1.82) is 0 Å². The quantitative estimate of drug-likeness (QED) is 0.553. The van der Waals surface area contributed by atoms with Gasteiger partial charge in [-0.25, -0.2) is 4.68 Å². The van der Waals surface area contributed by atoms with Gasteiger partial charge in [0.25, 0.3) is 5.91 Å². The molecule has 168 valence electrons. The molecule has 0 aliphatic rings. The molecule has 0 radical (unpaired) electrons. The number of ether oxygens (including phenoxy) is 1. The average molecular weight is 455 g/mol. The monoisotopic (exact) mass is 454 g/mol. The van der Waals surface area contributed by atoms with E-state index in [0.717, 1.165) is 33.8 Å². The molecule has 0 saturated carbocycles. The Balaban J connectivity index is 1.59. The lowest BCUT2D eigenvalue weighted by atomic mass is 10.1. The lowest BCUT2D eigenvalue weighted by Gasteiger charge is -2.18. The van der Waals surface area contributed by atoms with Crippen molar-refractivity contribution in [3.05, 3.63) is 75.6 Å². The van der Waals surface area contributed by atoms with Gasteiger partial charge in [0.2, 0.25) is 5.91 Å². The molecule has 7 nitrogen and oxygen atoms in total. The summed E-state index contributed by atoms with van der Waals surface area (Å²) in [4.78, 5) is 24.9. The normalized spacial score (nSPS) is 11.7. The fourth-order valence-corrected chi connectivity index (χ4v) is 3.83. The first kappa shape index (κ1) is 23.3. The van der Waals surface area contributed by atoms with E-state index >= 15 is 0 Å². The van der Waals surface area contributed by atoms with Crippen molar-refractivity contribution in [2.75, 3.05) is 0 Å². The number of hydrogen-bond donors (Lipinski definition) is 2. The minimum absolute atomic E-state index is 0.0927. The average Bonchev–Trinajstić information content (AvgIpc) is 3.03. The van der Waals surface area contributed by atoms with E-state index in [1.165, 1.54) is 0 Å². The maximum absolute atomic E-state index is 12.5. The summed E-state index contributed by atoms with van der Waals surface area (Å²) in [5.74, 6) is -0.202. The van der Waals surface area contributed by atoms with Crippen LogP contribution in [0.4, 0.5) is 0 Å². The second-order valence-electron chi connectivity index (χ2n) is 7.74. The van der Waals surface area contributed by atoms with Crippen LogP contribution in [0.15, 0.2) is 42.5 Å². The van der Waals surface area contributed by atoms with Crippen LogP contribution >= 0.6 is 11.6 Å². The molecule has 3 aromatic rings. The number of carbonyl (C=O) groups is 2. The lowest BCUT2D eigenvalue weighted by molar-refractivity contribution is -0.132. The van der Waals surface area contributed by atoms with Gasteiger partial charge in [-0.1, -0.05) is 29.8 Å². The van der Waals surface area contributed by atoms with Gasteiger partial charge in [0.05, 0.1) is 17.8 Å². The summed E-state index contributed by atoms with van der Waals surface area (Å²) >= 11 is 6.04. The Labute approximate surface area is 192 Å². The maximum Gasteiger partial charge on any atom is 0.279 e. The molecule has 8 heteroatoms. The van der Waals surface area contributed by atoms with Gasteiger partial charge in [0.15, 0.2) is 6.10 Å². The summed E-state index contributed by atoms with van der Waals surface area (Å²) in [6, 6.07) is 13.3. The van der Waals surface area contributed by atoms with Gasteiger partial charge < -0.3 is 4.74 Å². The Morgan fingerprint density at radius 3 is 2.31 bits per heavy atom. The minimum Gasteiger partial charge on any atom is -0.480 e. The Hall–Kier alpha value is -3.32. The fraction of sp³-hybridized carbons (Fsp3) is 0.292. The van der Waals surface area contributed by atoms with Gasteiger partial charge in [-0.15, -0.1) is 0 Å². The molecular formula is C24H27ClN4O3. The number of nitrogens with zero attached hydrogens (tertiary/aromatic N) is 2. The molecule has 0 aliphatic carbocycles. The van der Waals surface area contributed by atoms with Crippen LogP contribution in [-0.2, 0) is 16.0 Å². The van der Waals surface area contributed by atoms with Crippen LogP contribution in [0.2, 0.25) is 5.02 Å². The fourth-order valence-electron chi connectivity index (χ4n) is 3.50. The predicted octanol–water partition coefficient (Wildman–Crippen LogP) is 3.92. The molecule has 1 heterocycles. The summed E-state index contributed by atoms with van der Waals surface area (Å²) in [5, 5.41) is 5.16. The van der Waals surface area contributed by atoms with E-state index < -0.39 is 12.0 Å². The van der Waals surface area contributed by atoms with Crippen LogP contribution in [0.1, 0.15) is 35.0 Å². The standard InChI is InChI=1S/C24H27ClN4O3/c1-14-11-19(25)12-15(2)23(14)32-18(5)24(31)27-26-22(30)13-21-16(3)28-29(17(21)4)20-9-7-6-8-10-20/h6-12,18H,13H2,1-5H3,(H,26,30)(H,27,31). The highest BCUT2D eigenvalue weighted by Gasteiger charge is 2.20. The molecule has 0 aliphatic heterocycles. The zero-order valence-corrected chi connectivity index (χ0v) is 19.6. The van der Waals surface area contributed by atoms with Crippen molar-refractivity contribution >= 4 is 23.4 Å². The first-order chi connectivity index (χ1) is 15.2. The molecule has 0 spiro atoms. The van der Waals surface area contributed by atoms with E-state index in [1.807, 2.05) is 62.7 Å². The van der Waals surface area contributed by atoms with Crippen molar-refractivity contribution in [3.63, 3.8) is 0 Å². The first-order valence-electron chi connectivity index (χ1n) is 10.3. The number of aromatic nitrogens is 2. The highest BCUT2D eigenvalue weighted by Crippen LogP contribution is 2.28. The van der Waals surface area contributed by atoms with E-state index in [0.29, 0.717) is 10.8 Å². The highest BCUT2D eigenvalue weighted by atomic mass is 35.5. The Kier molecular flexibility index (Phi) is 7.20. The highest BCUT2D eigenvalue weighted by molar-refractivity contribution is 6.30. The number of benzene rings is 2. The molecule has 0 bridgehead atoms. The molecule has 3 rings (SSSR count). The van der Waals surface area contributed by atoms with E-state index in [9.17, 15) is 9.59 Å². The van der Waals surface area contributed by atoms with Crippen LogP contribution in [0.5, 0.6) is 5.75 Å². The number of halogens is 1. The molecule has 1 unspecified atom stereocenters. The molecule has 2 amide bonds. The van der Waals surface area contributed by atoms with Crippen LogP contribution in [-0.4, -0.2) is 27.7 Å². The van der Waals surface area contributed by atoms with Crippen LogP contribution < -0.4 is 15.6 Å². The van der Waals surface area contributed by atoms with Crippen molar-refractivity contribution in [2.45, 2.75) is 47.1 Å². The molecule has 2 N–H and O–H groups in total. The van der Waals surface area contributed by atoms with E-state index in [4.69, 9.17) is 16.3 Å². The molecule has 2 aromatic carbocycles. The summed E-state index contributed by atoms with van der Waals surface area (Å²) in [6.07, 6.45) is -0.715. The van der Waals surface area contributed by atoms with Crippen LogP contribution in [0.25, 0.3) is 5.69 Å². The third kappa shape index (κ3) is 5.29. The number of nitrogens with one attached hydrogen (secondary N) is 2. The minimum atomic E-state index is -0.807. The maximum atomic E-state index is 12.5. The van der Waals surface area contributed by atoms with Crippen molar-refractivity contribution in [1.82, 2.24) is 20.6 Å². The SMILES string of the molecule is Cc1cc(Cl)cc(C)c1OC(C)C(=O)NNC(=O)Cc1c(C)nn(-c2ccccc2)c1C. The summed E-state index contributed by atoms with van der Waals surface area (Å²) in [6.45, 7) is 9.12. The lowest BCUT2D eigenvalue weighted by Crippen LogP contribution is -2.47. The van der Waals surface area contributed by atoms with E-state index in [2.05, 4.69) is 16.0 Å². The Morgan fingerprint density at radius 2 is 1.69 bits per heavy atom. The number of amides is 2. The molecule has 32 heavy (non-hydrogen) atoms. The van der Waals surface area contributed by atoms with Crippen molar-refractivity contribution in [3.8, 4) is 11.4 Å². The number of hydrogen-bond acceptors (Lipinski definition) is 4. The zero-order chi connectivity index (χ0) is 23.4. The van der Waals surface area contributed by atoms with Crippen LogP contribution in [0.3, 0.4) is 0 Å². The van der Waals surface area contributed by atoms with Gasteiger partial charge in [-0.05, 0) is 70.0 Å². The number of aryl methyl sites for hydroxylation is 3. The number of carbonyl (C=O) groups excluding carboxylic acids is 2. The van der Waals surface area contributed by atoms with E-state index in [1.54, 1.807) is 19.1 Å². The third-order valence-corrected chi connectivity index (χ3v) is 5.41. The molecule has 0 saturated heterocycles. The van der Waals surface area contributed by atoms with Crippen molar-refractivity contribution < 1.29 is 14.3 Å². The van der Waals surface area contributed by atoms with Gasteiger partial charge >= 0.3 is 0 Å². The summed E-state index contributed by atoms with van der Waals surface area (Å²) in [7, 11) is 0. The second kappa shape index (κ2) is 9.87. The van der Waals surface area contributed by atoms with Gasteiger partial charge in [0.1, 0.15) is 5.75 Å². The van der Waals surface area contributed by atoms with Gasteiger partial charge in [-0.3, -0.25) is 20.4 Å². The zero-order valence-electron chi connectivity index (χ0n) is 18.8. The summed E-state index contributed by atoms with van der Waals surface area (Å²) < 4.78 is 7.61. The first-order valence-corrected chi connectivity index (χ1v) is 10.7. The van der Waals surface area contributed by atoms with Crippen molar-refractivity contribution in [2.24, 2.45) is 0 Å². The molecule has 0 fully saturated rings. The van der Waals surface area contributed by atoms with Gasteiger partial charge in [-0.2, -0.15) is 5.10 Å². The Morgan fingerprint density at radius 1 is 1.06 bits per heavy atom. The van der Waals surface area contributed by atoms with Crippen LogP contribution in [0, 0.1) is 27.7 Å². The largest absolute Gasteiger partial charge is 0.480 e. The number of para-hydroxylation sites is 1. The van der Waals surface area contributed by atoms with Gasteiger partial charge in [0, 0.05) is 16.3 Å². The molecular weight excluding hydrogens is 428 g/mol. The number of rotatable bonds is 6. The Bertz CT molecular complexity index is 1120. The second-order valence-corrected chi connectivity index (χ2v) is 8.18. The third-order valence-electron chi connectivity index (χ3n) is 5.19. The molecule has 1 aromatic heterocycles. The smallest absolute Gasteiger partial charge is 0.279 e. The molecule has 1 atom stereocenters.